The van der Waals surface area contributed by atoms with Crippen LogP contribution in [0.2, 0.25) is 0 Å². The minimum atomic E-state index is -0.853. The summed E-state index contributed by atoms with van der Waals surface area (Å²) in [5, 5.41) is 0. The predicted octanol–water partition coefficient (Wildman–Crippen LogP) is 8.77. The highest BCUT2D eigenvalue weighted by Gasteiger charge is 2.29. The van der Waals surface area contributed by atoms with E-state index in [9.17, 15) is 4.39 Å². The van der Waals surface area contributed by atoms with Gasteiger partial charge in [0.05, 0.1) is 0 Å². The zero-order valence-electron chi connectivity index (χ0n) is 19.1. The number of hydrogen-bond acceptors (Lipinski definition) is 1. The number of hydrogen-bond donors (Lipinski definition) is 0. The average molecular weight is 405 g/mol. The van der Waals surface area contributed by atoms with Crippen molar-refractivity contribution in [1.82, 2.24) is 0 Å². The number of benzene rings is 1. The maximum atomic E-state index is 14.8. The highest BCUT2D eigenvalue weighted by atomic mass is 19.1. The number of rotatable bonds is 15. The van der Waals surface area contributed by atoms with Crippen molar-refractivity contribution >= 4 is 0 Å². The first kappa shape index (κ1) is 24.2. The highest BCUT2D eigenvalue weighted by Crippen LogP contribution is 2.39. The quantitative estimate of drug-likeness (QED) is 0.265. The molecule has 0 spiro atoms. The van der Waals surface area contributed by atoms with E-state index in [1.807, 2.05) is 30.3 Å². The van der Waals surface area contributed by atoms with Crippen LogP contribution in [-0.2, 0) is 0 Å². The SMILES string of the molecule is CCCCCCCCC(CC(F)COc1ccccc1)C1CCC(CCC)CC1. The van der Waals surface area contributed by atoms with Crippen molar-refractivity contribution in [3.8, 4) is 5.75 Å². The van der Waals surface area contributed by atoms with Crippen LogP contribution in [-0.4, -0.2) is 12.8 Å². The largest absolute Gasteiger partial charge is 0.491 e. The summed E-state index contributed by atoms with van der Waals surface area (Å²) < 4.78 is 20.5. The van der Waals surface area contributed by atoms with Crippen molar-refractivity contribution in [1.29, 1.82) is 0 Å². The Bertz CT molecular complexity index is 495. The van der Waals surface area contributed by atoms with E-state index in [2.05, 4.69) is 13.8 Å². The molecule has 2 unspecified atom stereocenters. The second-order valence-electron chi connectivity index (χ2n) is 9.34. The highest BCUT2D eigenvalue weighted by molar-refractivity contribution is 5.20. The van der Waals surface area contributed by atoms with Crippen LogP contribution in [0.5, 0.6) is 5.75 Å². The van der Waals surface area contributed by atoms with Crippen LogP contribution < -0.4 is 4.74 Å². The molecule has 2 rings (SSSR count). The van der Waals surface area contributed by atoms with E-state index in [1.54, 1.807) is 0 Å². The second-order valence-corrected chi connectivity index (χ2v) is 9.34. The molecule has 0 N–H and O–H groups in total. The first-order chi connectivity index (χ1) is 14.2. The van der Waals surface area contributed by atoms with Gasteiger partial charge in [0.15, 0.2) is 0 Å². The topological polar surface area (TPSA) is 9.23 Å². The molecule has 0 aliphatic heterocycles. The van der Waals surface area contributed by atoms with Crippen molar-refractivity contribution < 1.29 is 9.13 Å². The summed E-state index contributed by atoms with van der Waals surface area (Å²) in [6.45, 7) is 4.76. The molecule has 1 aromatic carbocycles. The first-order valence-electron chi connectivity index (χ1n) is 12.5. The molecule has 166 valence electrons. The van der Waals surface area contributed by atoms with Crippen molar-refractivity contribution in [3.05, 3.63) is 30.3 Å². The standard InChI is InChI=1S/C27H45FO/c1-3-5-6-7-8-10-14-25(24-19-17-23(13-4-2)18-20-24)21-26(28)22-29-27-15-11-9-12-16-27/h9,11-12,15-16,23-26H,3-8,10,13-14,17-22H2,1-2H3. The zero-order chi connectivity index (χ0) is 20.7. The summed E-state index contributed by atoms with van der Waals surface area (Å²) in [4.78, 5) is 0. The fourth-order valence-electron chi connectivity index (χ4n) is 5.19. The molecule has 1 fully saturated rings. The van der Waals surface area contributed by atoms with Crippen LogP contribution in [0.4, 0.5) is 4.39 Å². The van der Waals surface area contributed by atoms with Gasteiger partial charge in [0, 0.05) is 0 Å². The third kappa shape index (κ3) is 10.0. The Morgan fingerprint density at radius 2 is 1.59 bits per heavy atom. The van der Waals surface area contributed by atoms with Gasteiger partial charge in [0.25, 0.3) is 0 Å². The molecule has 0 amide bonds. The molecule has 1 nitrogen and oxygen atoms in total. The Labute approximate surface area is 179 Å². The van der Waals surface area contributed by atoms with Gasteiger partial charge in [0.2, 0.25) is 0 Å². The summed E-state index contributed by atoms with van der Waals surface area (Å²) in [6, 6.07) is 9.67. The van der Waals surface area contributed by atoms with Crippen LogP contribution in [0.25, 0.3) is 0 Å². The summed E-state index contributed by atoms with van der Waals surface area (Å²) in [5.74, 6) is 2.98. The summed E-state index contributed by atoms with van der Waals surface area (Å²) in [6.07, 6.45) is 17.0. The van der Waals surface area contributed by atoms with Gasteiger partial charge in [-0.1, -0.05) is 103 Å². The normalized spacial score (nSPS) is 21.6. The Morgan fingerprint density at radius 1 is 0.897 bits per heavy atom. The number of ether oxygens (including phenoxy) is 1. The van der Waals surface area contributed by atoms with Crippen LogP contribution in [0.15, 0.2) is 30.3 Å². The smallest absolute Gasteiger partial charge is 0.134 e. The Kier molecular flexibility index (Phi) is 12.4. The zero-order valence-corrected chi connectivity index (χ0v) is 19.1. The van der Waals surface area contributed by atoms with E-state index in [0.717, 1.165) is 17.6 Å². The number of unbranched alkanes of at least 4 members (excludes halogenated alkanes) is 5. The van der Waals surface area contributed by atoms with E-state index in [1.165, 1.54) is 83.5 Å². The molecule has 29 heavy (non-hydrogen) atoms. The van der Waals surface area contributed by atoms with E-state index in [4.69, 9.17) is 4.74 Å². The van der Waals surface area contributed by atoms with E-state index in [0.29, 0.717) is 12.3 Å². The number of para-hydroxylation sites is 1. The monoisotopic (exact) mass is 404 g/mol. The molecule has 0 bridgehead atoms. The van der Waals surface area contributed by atoms with Gasteiger partial charge >= 0.3 is 0 Å². The molecule has 1 aromatic rings. The fraction of sp³-hybridized carbons (Fsp3) is 0.778. The summed E-state index contributed by atoms with van der Waals surface area (Å²) in [5.41, 5.74) is 0. The maximum Gasteiger partial charge on any atom is 0.134 e. The van der Waals surface area contributed by atoms with Crippen LogP contribution >= 0.6 is 0 Å². The number of alkyl halides is 1. The molecule has 0 saturated heterocycles. The Hall–Kier alpha value is -1.05. The van der Waals surface area contributed by atoms with E-state index in [-0.39, 0.29) is 6.61 Å². The lowest BCUT2D eigenvalue weighted by atomic mass is 9.72. The molecule has 1 saturated carbocycles. The van der Waals surface area contributed by atoms with Crippen molar-refractivity contribution in [2.75, 3.05) is 6.61 Å². The van der Waals surface area contributed by atoms with E-state index >= 15 is 0 Å². The van der Waals surface area contributed by atoms with Gasteiger partial charge in [-0.05, 0) is 49.1 Å². The van der Waals surface area contributed by atoms with Gasteiger partial charge in [-0.2, -0.15) is 0 Å². The lowest BCUT2D eigenvalue weighted by Crippen LogP contribution is -2.26. The number of halogens is 1. The molecule has 0 aromatic heterocycles. The third-order valence-corrected chi connectivity index (χ3v) is 6.92. The average Bonchev–Trinajstić information content (AvgIpc) is 2.75. The lowest BCUT2D eigenvalue weighted by molar-refractivity contribution is 0.119. The van der Waals surface area contributed by atoms with Gasteiger partial charge in [-0.15, -0.1) is 0 Å². The molecule has 0 radical (unpaired) electrons. The van der Waals surface area contributed by atoms with Gasteiger partial charge in [0.1, 0.15) is 18.5 Å². The van der Waals surface area contributed by atoms with Crippen LogP contribution in [0, 0.1) is 17.8 Å². The van der Waals surface area contributed by atoms with Gasteiger partial charge < -0.3 is 4.74 Å². The summed E-state index contributed by atoms with van der Waals surface area (Å²) >= 11 is 0. The predicted molar refractivity (Wildman–Crippen MR) is 123 cm³/mol. The van der Waals surface area contributed by atoms with Gasteiger partial charge in [-0.3, -0.25) is 0 Å². The van der Waals surface area contributed by atoms with Crippen LogP contribution in [0.3, 0.4) is 0 Å². The molecule has 0 heterocycles. The minimum Gasteiger partial charge on any atom is -0.491 e. The lowest BCUT2D eigenvalue weighted by Gasteiger charge is -2.34. The molecule has 1 aliphatic rings. The molecular formula is C27H45FO. The first-order valence-corrected chi connectivity index (χ1v) is 12.5. The summed E-state index contributed by atoms with van der Waals surface area (Å²) in [7, 11) is 0. The second kappa shape index (κ2) is 14.9. The van der Waals surface area contributed by atoms with Crippen LogP contribution in [0.1, 0.15) is 104 Å². The van der Waals surface area contributed by atoms with Crippen molar-refractivity contribution in [2.45, 2.75) is 110 Å². The van der Waals surface area contributed by atoms with Gasteiger partial charge in [-0.25, -0.2) is 4.39 Å². The fourth-order valence-corrected chi connectivity index (χ4v) is 5.19. The third-order valence-electron chi connectivity index (χ3n) is 6.92. The van der Waals surface area contributed by atoms with Crippen molar-refractivity contribution in [3.63, 3.8) is 0 Å². The van der Waals surface area contributed by atoms with E-state index < -0.39 is 6.17 Å². The molecular weight excluding hydrogens is 359 g/mol. The molecule has 2 heteroatoms. The minimum absolute atomic E-state index is 0.197. The Balaban J connectivity index is 1.79. The molecule has 1 aliphatic carbocycles. The maximum absolute atomic E-state index is 14.8. The molecule has 2 atom stereocenters. The Morgan fingerprint density at radius 3 is 2.28 bits per heavy atom. The van der Waals surface area contributed by atoms with Crippen molar-refractivity contribution in [2.24, 2.45) is 17.8 Å².